The molecule has 1 aliphatic carbocycles. The van der Waals surface area contributed by atoms with Crippen LogP contribution in [0.2, 0.25) is 0 Å². The van der Waals surface area contributed by atoms with Crippen LogP contribution in [0.3, 0.4) is 0 Å². The van der Waals surface area contributed by atoms with Crippen molar-refractivity contribution in [2.75, 3.05) is 6.54 Å². The van der Waals surface area contributed by atoms with E-state index in [0.717, 1.165) is 25.7 Å². The highest BCUT2D eigenvalue weighted by molar-refractivity contribution is 5.94. The molecular weight excluding hydrogens is 204 g/mol. The van der Waals surface area contributed by atoms with Gasteiger partial charge in [-0.3, -0.25) is 4.79 Å². The molecule has 0 saturated heterocycles. The van der Waals surface area contributed by atoms with Crippen LogP contribution in [0.1, 0.15) is 36.0 Å². The van der Waals surface area contributed by atoms with Crippen molar-refractivity contribution in [3.8, 4) is 0 Å². The molecule has 1 aromatic rings. The molecule has 0 aromatic carbocycles. The maximum absolute atomic E-state index is 11.9. The Morgan fingerprint density at radius 1 is 1.38 bits per heavy atom. The SMILES string of the molecule is NCC1(NC(=O)c2cncnc2)CCCC1. The second kappa shape index (κ2) is 4.57. The van der Waals surface area contributed by atoms with Gasteiger partial charge in [-0.1, -0.05) is 12.8 Å². The van der Waals surface area contributed by atoms with Crippen LogP contribution in [0.25, 0.3) is 0 Å². The zero-order valence-electron chi connectivity index (χ0n) is 9.15. The van der Waals surface area contributed by atoms with E-state index >= 15 is 0 Å². The average molecular weight is 220 g/mol. The standard InChI is InChI=1S/C11H16N4O/c12-7-11(3-1-2-4-11)15-10(16)9-5-13-8-14-6-9/h5-6,8H,1-4,7,12H2,(H,15,16). The van der Waals surface area contributed by atoms with Crippen LogP contribution in [-0.2, 0) is 0 Å². The minimum atomic E-state index is -0.215. The molecule has 0 bridgehead atoms. The molecule has 1 heterocycles. The first-order chi connectivity index (χ1) is 7.76. The summed E-state index contributed by atoms with van der Waals surface area (Å²) in [5.41, 5.74) is 6.02. The van der Waals surface area contributed by atoms with E-state index in [-0.39, 0.29) is 11.4 Å². The van der Waals surface area contributed by atoms with Crippen molar-refractivity contribution in [3.05, 3.63) is 24.3 Å². The molecule has 16 heavy (non-hydrogen) atoms. The number of aromatic nitrogens is 2. The van der Waals surface area contributed by atoms with Crippen molar-refractivity contribution in [2.24, 2.45) is 5.73 Å². The highest BCUT2D eigenvalue weighted by Crippen LogP contribution is 2.28. The maximum atomic E-state index is 11.9. The van der Waals surface area contributed by atoms with Crippen LogP contribution in [0.15, 0.2) is 18.7 Å². The van der Waals surface area contributed by atoms with E-state index in [9.17, 15) is 4.79 Å². The number of nitrogens with zero attached hydrogens (tertiary/aromatic N) is 2. The minimum absolute atomic E-state index is 0.132. The summed E-state index contributed by atoms with van der Waals surface area (Å²) in [7, 11) is 0. The summed E-state index contributed by atoms with van der Waals surface area (Å²) in [6, 6.07) is 0. The summed E-state index contributed by atoms with van der Waals surface area (Å²) < 4.78 is 0. The van der Waals surface area contributed by atoms with Crippen LogP contribution in [0.5, 0.6) is 0 Å². The molecule has 5 heteroatoms. The summed E-state index contributed by atoms with van der Waals surface area (Å²) in [6.45, 7) is 0.492. The van der Waals surface area contributed by atoms with Crippen molar-refractivity contribution in [3.63, 3.8) is 0 Å². The van der Waals surface area contributed by atoms with Gasteiger partial charge in [-0.2, -0.15) is 0 Å². The van der Waals surface area contributed by atoms with Crippen molar-refractivity contribution in [2.45, 2.75) is 31.2 Å². The lowest BCUT2D eigenvalue weighted by molar-refractivity contribution is 0.0902. The second-order valence-corrected chi connectivity index (χ2v) is 4.27. The number of hydrogen-bond acceptors (Lipinski definition) is 4. The van der Waals surface area contributed by atoms with Gasteiger partial charge in [0.1, 0.15) is 6.33 Å². The summed E-state index contributed by atoms with van der Waals surface area (Å²) in [6.07, 6.45) is 8.62. The highest BCUT2D eigenvalue weighted by Gasteiger charge is 2.34. The molecule has 3 N–H and O–H groups in total. The van der Waals surface area contributed by atoms with Gasteiger partial charge in [0.25, 0.3) is 5.91 Å². The van der Waals surface area contributed by atoms with Gasteiger partial charge in [0.2, 0.25) is 0 Å². The first-order valence-corrected chi connectivity index (χ1v) is 5.53. The molecule has 86 valence electrons. The first-order valence-electron chi connectivity index (χ1n) is 5.53. The molecule has 0 atom stereocenters. The summed E-state index contributed by atoms with van der Waals surface area (Å²) in [5.74, 6) is -0.132. The van der Waals surface area contributed by atoms with Crippen molar-refractivity contribution in [1.29, 1.82) is 0 Å². The zero-order chi connectivity index (χ0) is 11.4. The van der Waals surface area contributed by atoms with Gasteiger partial charge in [0, 0.05) is 18.9 Å². The molecule has 1 fully saturated rings. The lowest BCUT2D eigenvalue weighted by atomic mass is 9.97. The van der Waals surface area contributed by atoms with Gasteiger partial charge >= 0.3 is 0 Å². The number of hydrogen-bond donors (Lipinski definition) is 2. The number of carbonyl (C=O) groups is 1. The third-order valence-electron chi connectivity index (χ3n) is 3.15. The summed E-state index contributed by atoms with van der Waals surface area (Å²) >= 11 is 0. The smallest absolute Gasteiger partial charge is 0.254 e. The minimum Gasteiger partial charge on any atom is -0.345 e. The Balaban J connectivity index is 2.07. The molecule has 0 radical (unpaired) electrons. The monoisotopic (exact) mass is 220 g/mol. The Hall–Kier alpha value is -1.49. The number of amides is 1. The second-order valence-electron chi connectivity index (χ2n) is 4.27. The van der Waals surface area contributed by atoms with Gasteiger partial charge in [-0.25, -0.2) is 9.97 Å². The topological polar surface area (TPSA) is 80.9 Å². The lowest BCUT2D eigenvalue weighted by Crippen LogP contribution is -2.51. The van der Waals surface area contributed by atoms with Crippen LogP contribution >= 0.6 is 0 Å². The lowest BCUT2D eigenvalue weighted by Gasteiger charge is -2.28. The number of carbonyl (C=O) groups excluding carboxylic acids is 1. The Morgan fingerprint density at radius 2 is 2.00 bits per heavy atom. The van der Waals surface area contributed by atoms with Gasteiger partial charge in [-0.05, 0) is 12.8 Å². The van der Waals surface area contributed by atoms with Gasteiger partial charge in [0.05, 0.1) is 11.1 Å². The molecule has 0 unspecified atom stereocenters. The third kappa shape index (κ3) is 2.19. The number of rotatable bonds is 3. The molecule has 2 rings (SSSR count). The summed E-state index contributed by atoms with van der Waals surface area (Å²) in [4.78, 5) is 19.6. The fraction of sp³-hybridized carbons (Fsp3) is 0.545. The number of nitrogens with one attached hydrogen (secondary N) is 1. The molecule has 1 saturated carbocycles. The Morgan fingerprint density at radius 3 is 2.56 bits per heavy atom. The van der Waals surface area contributed by atoms with Crippen LogP contribution < -0.4 is 11.1 Å². The first kappa shape index (κ1) is 11.0. The fourth-order valence-electron chi connectivity index (χ4n) is 2.16. The number of nitrogens with two attached hydrogens (primary N) is 1. The third-order valence-corrected chi connectivity index (χ3v) is 3.15. The molecule has 0 spiro atoms. The molecule has 0 aliphatic heterocycles. The predicted octanol–water partition coefficient (Wildman–Crippen LogP) is 0.478. The zero-order valence-corrected chi connectivity index (χ0v) is 9.15. The van der Waals surface area contributed by atoms with E-state index in [1.165, 1.54) is 18.7 Å². The predicted molar refractivity (Wildman–Crippen MR) is 59.8 cm³/mol. The van der Waals surface area contributed by atoms with E-state index in [1.54, 1.807) is 0 Å². The van der Waals surface area contributed by atoms with Gasteiger partial charge < -0.3 is 11.1 Å². The van der Waals surface area contributed by atoms with Gasteiger partial charge in [-0.15, -0.1) is 0 Å². The highest BCUT2D eigenvalue weighted by atomic mass is 16.1. The van der Waals surface area contributed by atoms with Crippen LogP contribution in [0, 0.1) is 0 Å². The van der Waals surface area contributed by atoms with Crippen molar-refractivity contribution < 1.29 is 4.79 Å². The Labute approximate surface area is 94.5 Å². The molecule has 1 amide bonds. The maximum Gasteiger partial charge on any atom is 0.254 e. The fourth-order valence-corrected chi connectivity index (χ4v) is 2.16. The summed E-state index contributed by atoms with van der Waals surface area (Å²) in [5, 5.41) is 3.01. The quantitative estimate of drug-likeness (QED) is 0.776. The Bertz CT molecular complexity index is 360. The molecule has 1 aromatic heterocycles. The average Bonchev–Trinajstić information content (AvgIpc) is 2.79. The van der Waals surface area contributed by atoms with E-state index in [2.05, 4.69) is 15.3 Å². The van der Waals surface area contributed by atoms with Crippen LogP contribution in [0.4, 0.5) is 0 Å². The molecule has 5 nitrogen and oxygen atoms in total. The van der Waals surface area contributed by atoms with Crippen molar-refractivity contribution in [1.82, 2.24) is 15.3 Å². The normalized spacial score (nSPS) is 18.3. The Kier molecular flexibility index (Phi) is 3.14. The van der Waals surface area contributed by atoms with E-state index in [1.807, 2.05) is 0 Å². The van der Waals surface area contributed by atoms with Crippen molar-refractivity contribution >= 4 is 5.91 Å². The largest absolute Gasteiger partial charge is 0.345 e. The van der Waals surface area contributed by atoms with Crippen LogP contribution in [-0.4, -0.2) is 28.0 Å². The molecule has 1 aliphatic rings. The van der Waals surface area contributed by atoms with Gasteiger partial charge in [0.15, 0.2) is 0 Å². The van der Waals surface area contributed by atoms with E-state index in [0.29, 0.717) is 12.1 Å². The van der Waals surface area contributed by atoms with E-state index < -0.39 is 0 Å². The van der Waals surface area contributed by atoms with E-state index in [4.69, 9.17) is 5.73 Å². The molecular formula is C11H16N4O.